The van der Waals surface area contributed by atoms with Crippen LogP contribution in [0.2, 0.25) is 5.02 Å². The van der Waals surface area contributed by atoms with Crippen LogP contribution in [0, 0.1) is 13.8 Å². The number of aryl methyl sites for hydroxylation is 2. The van der Waals surface area contributed by atoms with Gasteiger partial charge in [-0.2, -0.15) is 0 Å². The molecule has 0 radical (unpaired) electrons. The Kier molecular flexibility index (Phi) is 7.22. The maximum atomic E-state index is 12.3. The summed E-state index contributed by atoms with van der Waals surface area (Å²) in [4.78, 5) is 25.9. The average Bonchev–Trinajstić information content (AvgIpc) is 2.58. The van der Waals surface area contributed by atoms with Crippen LogP contribution in [0.25, 0.3) is 0 Å². The van der Waals surface area contributed by atoms with Gasteiger partial charge in [0.2, 0.25) is 11.8 Å². The largest absolute Gasteiger partial charge is 0.342 e. The predicted molar refractivity (Wildman–Crippen MR) is 107 cm³/mol. The zero-order chi connectivity index (χ0) is 19.1. The maximum Gasteiger partial charge on any atom is 0.226 e. The molecule has 0 fully saturated rings. The number of hydrogen-bond donors (Lipinski definition) is 1. The SMILES string of the molecule is CC(=O)N(CCC(=O)Nc1c(C)cccc1C)CCc1cccc(Cl)c1. The molecule has 0 saturated heterocycles. The van der Waals surface area contributed by atoms with Crippen LogP contribution in [0.1, 0.15) is 30.0 Å². The van der Waals surface area contributed by atoms with Crippen molar-refractivity contribution < 1.29 is 9.59 Å². The first-order valence-electron chi connectivity index (χ1n) is 8.73. The summed E-state index contributed by atoms with van der Waals surface area (Å²) in [6.07, 6.45) is 0.974. The summed E-state index contributed by atoms with van der Waals surface area (Å²) >= 11 is 5.99. The number of nitrogens with zero attached hydrogens (tertiary/aromatic N) is 1. The van der Waals surface area contributed by atoms with Crippen molar-refractivity contribution in [2.45, 2.75) is 33.6 Å². The second kappa shape index (κ2) is 9.39. The van der Waals surface area contributed by atoms with Gasteiger partial charge in [-0.1, -0.05) is 41.9 Å². The van der Waals surface area contributed by atoms with Crippen molar-refractivity contribution >= 4 is 29.1 Å². The van der Waals surface area contributed by atoms with E-state index in [1.807, 2.05) is 56.3 Å². The van der Waals surface area contributed by atoms with E-state index in [1.165, 1.54) is 6.92 Å². The number of halogens is 1. The standard InChI is InChI=1S/C21H25ClN2O2/c1-15-6-4-7-16(2)21(15)23-20(26)11-13-24(17(3)25)12-10-18-8-5-9-19(22)14-18/h4-9,14H,10-13H2,1-3H3,(H,23,26). The number of anilines is 1. The first-order valence-corrected chi connectivity index (χ1v) is 9.10. The van der Waals surface area contributed by atoms with E-state index < -0.39 is 0 Å². The molecule has 0 spiro atoms. The van der Waals surface area contributed by atoms with Crippen LogP contribution in [0.4, 0.5) is 5.69 Å². The van der Waals surface area contributed by atoms with Crippen LogP contribution in [0.15, 0.2) is 42.5 Å². The van der Waals surface area contributed by atoms with Gasteiger partial charge in [-0.05, 0) is 49.1 Å². The second-order valence-corrected chi connectivity index (χ2v) is 6.89. The number of hydrogen-bond acceptors (Lipinski definition) is 2. The molecule has 4 nitrogen and oxygen atoms in total. The summed E-state index contributed by atoms with van der Waals surface area (Å²) in [7, 11) is 0. The second-order valence-electron chi connectivity index (χ2n) is 6.45. The number of benzene rings is 2. The summed E-state index contributed by atoms with van der Waals surface area (Å²) < 4.78 is 0. The highest BCUT2D eigenvalue weighted by atomic mass is 35.5. The number of carbonyl (C=O) groups is 2. The van der Waals surface area contributed by atoms with E-state index in [9.17, 15) is 9.59 Å². The normalized spacial score (nSPS) is 10.5. The Morgan fingerprint density at radius 2 is 1.69 bits per heavy atom. The van der Waals surface area contributed by atoms with Crippen LogP contribution < -0.4 is 5.32 Å². The van der Waals surface area contributed by atoms with Crippen molar-refractivity contribution in [2.24, 2.45) is 0 Å². The Hall–Kier alpha value is -2.33. The van der Waals surface area contributed by atoms with Gasteiger partial charge < -0.3 is 10.2 Å². The third kappa shape index (κ3) is 5.88. The molecular formula is C21H25ClN2O2. The van der Waals surface area contributed by atoms with E-state index in [-0.39, 0.29) is 18.2 Å². The van der Waals surface area contributed by atoms with Crippen LogP contribution in [0.3, 0.4) is 0 Å². The summed E-state index contributed by atoms with van der Waals surface area (Å²) in [5.41, 5.74) is 3.99. The highest BCUT2D eigenvalue weighted by molar-refractivity contribution is 6.30. The fourth-order valence-corrected chi connectivity index (χ4v) is 3.05. The zero-order valence-electron chi connectivity index (χ0n) is 15.5. The Morgan fingerprint density at radius 1 is 1.04 bits per heavy atom. The number of rotatable bonds is 7. The van der Waals surface area contributed by atoms with Crippen molar-refractivity contribution in [3.63, 3.8) is 0 Å². The first kappa shape index (κ1) is 20.0. The monoisotopic (exact) mass is 372 g/mol. The van der Waals surface area contributed by atoms with Gasteiger partial charge >= 0.3 is 0 Å². The third-order valence-electron chi connectivity index (χ3n) is 4.36. The fourth-order valence-electron chi connectivity index (χ4n) is 2.83. The molecular weight excluding hydrogens is 348 g/mol. The van der Waals surface area contributed by atoms with Gasteiger partial charge in [-0.25, -0.2) is 0 Å². The molecule has 138 valence electrons. The lowest BCUT2D eigenvalue weighted by molar-refractivity contribution is -0.129. The molecule has 0 atom stereocenters. The molecule has 0 aliphatic rings. The molecule has 0 heterocycles. The lowest BCUT2D eigenvalue weighted by Crippen LogP contribution is -2.33. The van der Waals surface area contributed by atoms with Gasteiger partial charge in [0, 0.05) is 37.1 Å². The predicted octanol–water partition coefficient (Wildman–Crippen LogP) is 4.38. The summed E-state index contributed by atoms with van der Waals surface area (Å²) in [6.45, 7) is 6.42. The lowest BCUT2D eigenvalue weighted by Gasteiger charge is -2.21. The van der Waals surface area contributed by atoms with Gasteiger partial charge in [0.1, 0.15) is 0 Å². The van der Waals surface area contributed by atoms with Gasteiger partial charge in [0.05, 0.1) is 0 Å². The minimum Gasteiger partial charge on any atom is -0.342 e. The Balaban J connectivity index is 1.89. The first-order chi connectivity index (χ1) is 12.4. The molecule has 2 amide bonds. The number of nitrogens with one attached hydrogen (secondary N) is 1. The van der Waals surface area contributed by atoms with Crippen molar-refractivity contribution in [1.29, 1.82) is 0 Å². The van der Waals surface area contributed by atoms with E-state index >= 15 is 0 Å². The summed E-state index contributed by atoms with van der Waals surface area (Å²) in [5.74, 6) is -0.122. The molecule has 0 aromatic heterocycles. The molecule has 1 N–H and O–H groups in total. The average molecular weight is 373 g/mol. The topological polar surface area (TPSA) is 49.4 Å². The molecule has 5 heteroatoms. The van der Waals surface area contributed by atoms with E-state index in [2.05, 4.69) is 5.32 Å². The number of para-hydroxylation sites is 1. The smallest absolute Gasteiger partial charge is 0.226 e. The number of carbonyl (C=O) groups excluding carboxylic acids is 2. The number of amides is 2. The Bertz CT molecular complexity index is 769. The van der Waals surface area contributed by atoms with Crippen LogP contribution in [-0.4, -0.2) is 29.8 Å². The van der Waals surface area contributed by atoms with E-state index in [0.29, 0.717) is 24.5 Å². The molecule has 2 aromatic carbocycles. The van der Waals surface area contributed by atoms with Crippen LogP contribution >= 0.6 is 11.6 Å². The van der Waals surface area contributed by atoms with Gasteiger partial charge in [-0.3, -0.25) is 9.59 Å². The maximum absolute atomic E-state index is 12.3. The van der Waals surface area contributed by atoms with Gasteiger partial charge in [-0.15, -0.1) is 0 Å². The lowest BCUT2D eigenvalue weighted by atomic mass is 10.1. The van der Waals surface area contributed by atoms with Gasteiger partial charge in [0.15, 0.2) is 0 Å². The van der Waals surface area contributed by atoms with Gasteiger partial charge in [0.25, 0.3) is 0 Å². The molecule has 0 saturated carbocycles. The van der Waals surface area contributed by atoms with Crippen molar-refractivity contribution in [1.82, 2.24) is 4.90 Å². The Labute approximate surface area is 160 Å². The Morgan fingerprint density at radius 3 is 2.31 bits per heavy atom. The highest BCUT2D eigenvalue weighted by Gasteiger charge is 2.13. The van der Waals surface area contributed by atoms with Crippen LogP contribution in [0.5, 0.6) is 0 Å². The van der Waals surface area contributed by atoms with E-state index in [1.54, 1.807) is 4.90 Å². The molecule has 0 unspecified atom stereocenters. The fraction of sp³-hybridized carbons (Fsp3) is 0.333. The molecule has 26 heavy (non-hydrogen) atoms. The van der Waals surface area contributed by atoms with E-state index in [4.69, 9.17) is 11.6 Å². The molecule has 2 aromatic rings. The molecule has 2 rings (SSSR count). The minimum atomic E-state index is -0.0867. The summed E-state index contributed by atoms with van der Waals surface area (Å²) in [6, 6.07) is 13.5. The molecule has 0 bridgehead atoms. The third-order valence-corrected chi connectivity index (χ3v) is 4.59. The molecule has 0 aliphatic carbocycles. The van der Waals surface area contributed by atoms with E-state index in [0.717, 1.165) is 22.4 Å². The van der Waals surface area contributed by atoms with Crippen molar-refractivity contribution in [3.8, 4) is 0 Å². The minimum absolute atomic E-state index is 0.0353. The van der Waals surface area contributed by atoms with Crippen molar-refractivity contribution in [3.05, 3.63) is 64.2 Å². The highest BCUT2D eigenvalue weighted by Crippen LogP contribution is 2.19. The summed E-state index contributed by atoms with van der Waals surface area (Å²) in [5, 5.41) is 3.64. The quantitative estimate of drug-likeness (QED) is 0.784. The van der Waals surface area contributed by atoms with Crippen LogP contribution in [-0.2, 0) is 16.0 Å². The zero-order valence-corrected chi connectivity index (χ0v) is 16.3. The molecule has 0 aliphatic heterocycles. The van der Waals surface area contributed by atoms with Crippen molar-refractivity contribution in [2.75, 3.05) is 18.4 Å².